The van der Waals surface area contributed by atoms with Crippen LogP contribution in [0.3, 0.4) is 0 Å². The monoisotopic (exact) mass is 510 g/mol. The number of carbonyl (C=O) groups excluding carboxylic acids is 2. The van der Waals surface area contributed by atoms with Crippen molar-refractivity contribution in [2.75, 3.05) is 36.9 Å². The molecule has 9 heteroatoms. The van der Waals surface area contributed by atoms with Crippen LogP contribution < -0.4 is 25.8 Å². The summed E-state index contributed by atoms with van der Waals surface area (Å²) < 4.78 is 11.6. The first kappa shape index (κ1) is 26.8. The molecular formula is C27H31ClN4O4. The number of amides is 3. The molecule has 3 aromatic carbocycles. The number of para-hydroxylation sites is 1. The highest BCUT2D eigenvalue weighted by molar-refractivity contribution is 6.32. The highest BCUT2D eigenvalue weighted by Crippen LogP contribution is 2.31. The molecule has 0 atom stereocenters. The number of ether oxygens (including phenoxy) is 2. The summed E-state index contributed by atoms with van der Waals surface area (Å²) in [6, 6.07) is 18.4. The first-order valence-corrected chi connectivity index (χ1v) is 12.2. The number of hydrogen-bond donors (Lipinski definition) is 3. The zero-order valence-electron chi connectivity index (χ0n) is 20.4. The fourth-order valence-corrected chi connectivity index (χ4v) is 3.72. The van der Waals surface area contributed by atoms with Crippen molar-refractivity contribution in [1.29, 1.82) is 0 Å². The van der Waals surface area contributed by atoms with E-state index in [4.69, 9.17) is 26.8 Å². The topological polar surface area (TPSA) is 106 Å². The van der Waals surface area contributed by atoms with E-state index in [1.807, 2.05) is 30.3 Å². The quantitative estimate of drug-likeness (QED) is 0.260. The molecule has 3 amide bonds. The summed E-state index contributed by atoms with van der Waals surface area (Å²) >= 11 is 6.33. The predicted molar refractivity (Wildman–Crippen MR) is 143 cm³/mol. The number of anilines is 2. The molecule has 0 aromatic heterocycles. The van der Waals surface area contributed by atoms with Crippen LogP contribution in [0.4, 0.5) is 16.2 Å². The van der Waals surface area contributed by atoms with E-state index < -0.39 is 11.9 Å². The normalized spacial score (nSPS) is 10.7. The summed E-state index contributed by atoms with van der Waals surface area (Å²) in [6.45, 7) is 7.45. The van der Waals surface area contributed by atoms with Crippen molar-refractivity contribution in [3.63, 3.8) is 0 Å². The zero-order chi connectivity index (χ0) is 25.9. The third-order valence-electron chi connectivity index (χ3n) is 5.44. The molecule has 8 nitrogen and oxygen atoms in total. The van der Waals surface area contributed by atoms with Gasteiger partial charge in [0.2, 0.25) is 0 Å². The molecule has 0 aliphatic carbocycles. The minimum Gasteiger partial charge on any atom is -0.493 e. The van der Waals surface area contributed by atoms with Crippen molar-refractivity contribution >= 4 is 34.9 Å². The highest BCUT2D eigenvalue weighted by Gasteiger charge is 2.13. The number of nitrogens with two attached hydrogens (primary N) is 1. The van der Waals surface area contributed by atoms with Gasteiger partial charge in [0.1, 0.15) is 17.2 Å². The molecule has 0 fully saturated rings. The molecule has 190 valence electrons. The van der Waals surface area contributed by atoms with Crippen LogP contribution in [0.25, 0.3) is 0 Å². The third kappa shape index (κ3) is 7.90. The van der Waals surface area contributed by atoms with E-state index >= 15 is 0 Å². The van der Waals surface area contributed by atoms with Crippen LogP contribution in [-0.2, 0) is 0 Å². The summed E-state index contributed by atoms with van der Waals surface area (Å²) in [5, 5.41) is 5.81. The Morgan fingerprint density at radius 2 is 1.58 bits per heavy atom. The van der Waals surface area contributed by atoms with Gasteiger partial charge in [0.25, 0.3) is 5.91 Å². The Morgan fingerprint density at radius 3 is 2.22 bits per heavy atom. The number of urea groups is 1. The van der Waals surface area contributed by atoms with E-state index in [1.165, 1.54) is 6.07 Å². The van der Waals surface area contributed by atoms with Gasteiger partial charge in [-0.25, -0.2) is 4.79 Å². The number of hydrogen-bond acceptors (Lipinski definition) is 5. The maximum absolute atomic E-state index is 12.6. The van der Waals surface area contributed by atoms with Crippen molar-refractivity contribution in [3.8, 4) is 17.2 Å². The van der Waals surface area contributed by atoms with Crippen LogP contribution in [0.2, 0.25) is 5.02 Å². The lowest BCUT2D eigenvalue weighted by Crippen LogP contribution is -2.25. The molecule has 0 unspecified atom stereocenters. The third-order valence-corrected chi connectivity index (χ3v) is 5.73. The number of carbonyl (C=O) groups is 2. The number of halogens is 1. The summed E-state index contributed by atoms with van der Waals surface area (Å²) in [4.78, 5) is 26.7. The van der Waals surface area contributed by atoms with Gasteiger partial charge >= 0.3 is 6.03 Å². The Kier molecular flexibility index (Phi) is 9.97. The number of nitrogens with zero attached hydrogens (tertiary/aromatic N) is 1. The van der Waals surface area contributed by atoms with E-state index in [9.17, 15) is 9.59 Å². The van der Waals surface area contributed by atoms with Crippen LogP contribution in [0.5, 0.6) is 17.2 Å². The molecule has 3 rings (SSSR count). The zero-order valence-corrected chi connectivity index (χ0v) is 21.2. The lowest BCUT2D eigenvalue weighted by atomic mass is 10.1. The standard InChI is InChI=1S/C27H31ClN4O4/c1-3-32(4-2)15-8-16-35-25-18-20(11-13-22(25)26(29)33)31-27(34)30-19-12-14-24(23(28)17-19)36-21-9-6-5-7-10-21/h5-7,9-14,17-18H,3-4,8,15-16H2,1-2H3,(H2,29,33)(H2,30,31,34). The SMILES string of the molecule is CCN(CC)CCCOc1cc(NC(=O)Nc2ccc(Oc3ccccc3)c(Cl)c2)ccc1C(N)=O. The Morgan fingerprint density at radius 1 is 0.917 bits per heavy atom. The molecule has 4 N–H and O–H groups in total. The Hall–Kier alpha value is -3.75. The van der Waals surface area contributed by atoms with Crippen LogP contribution in [0.1, 0.15) is 30.6 Å². The van der Waals surface area contributed by atoms with E-state index in [0.29, 0.717) is 40.3 Å². The smallest absolute Gasteiger partial charge is 0.323 e. The molecular weight excluding hydrogens is 480 g/mol. The van der Waals surface area contributed by atoms with Gasteiger partial charge in [-0.05, 0) is 62.0 Å². The second kappa shape index (κ2) is 13.4. The second-order valence-corrected chi connectivity index (χ2v) is 8.35. The van der Waals surface area contributed by atoms with Gasteiger partial charge < -0.3 is 30.7 Å². The summed E-state index contributed by atoms with van der Waals surface area (Å²) in [7, 11) is 0. The van der Waals surface area contributed by atoms with E-state index in [1.54, 1.807) is 30.3 Å². The van der Waals surface area contributed by atoms with Crippen LogP contribution >= 0.6 is 11.6 Å². The van der Waals surface area contributed by atoms with Crippen molar-refractivity contribution < 1.29 is 19.1 Å². The predicted octanol–water partition coefficient (Wildman–Crippen LogP) is 5.99. The summed E-state index contributed by atoms with van der Waals surface area (Å²) in [5.41, 5.74) is 6.68. The number of benzene rings is 3. The fraction of sp³-hybridized carbons (Fsp3) is 0.259. The molecule has 0 radical (unpaired) electrons. The second-order valence-electron chi connectivity index (χ2n) is 7.94. The molecule has 36 heavy (non-hydrogen) atoms. The molecule has 0 spiro atoms. The first-order chi connectivity index (χ1) is 17.4. The van der Waals surface area contributed by atoms with Crippen molar-refractivity contribution in [1.82, 2.24) is 4.90 Å². The highest BCUT2D eigenvalue weighted by atomic mass is 35.5. The van der Waals surface area contributed by atoms with Crippen LogP contribution in [0.15, 0.2) is 66.7 Å². The number of primary amides is 1. The molecule has 0 saturated carbocycles. The largest absolute Gasteiger partial charge is 0.493 e. The van der Waals surface area contributed by atoms with Crippen molar-refractivity contribution in [2.24, 2.45) is 5.73 Å². The number of rotatable bonds is 12. The Balaban J connectivity index is 1.60. The minimum absolute atomic E-state index is 0.254. The van der Waals surface area contributed by atoms with Crippen molar-refractivity contribution in [2.45, 2.75) is 20.3 Å². The van der Waals surface area contributed by atoms with Crippen LogP contribution in [0, 0.1) is 0 Å². The maximum Gasteiger partial charge on any atom is 0.323 e. The van der Waals surface area contributed by atoms with E-state index in [2.05, 4.69) is 29.4 Å². The van der Waals surface area contributed by atoms with Gasteiger partial charge in [-0.15, -0.1) is 0 Å². The van der Waals surface area contributed by atoms with Crippen molar-refractivity contribution in [3.05, 3.63) is 77.3 Å². The van der Waals surface area contributed by atoms with Gasteiger partial charge in [-0.1, -0.05) is 43.6 Å². The minimum atomic E-state index is -0.600. The Labute approximate surface area is 216 Å². The number of nitrogens with one attached hydrogen (secondary N) is 2. The molecule has 0 bridgehead atoms. The molecule has 0 aliphatic rings. The van der Waals surface area contributed by atoms with Gasteiger partial charge in [0.05, 0.1) is 17.2 Å². The van der Waals surface area contributed by atoms with Gasteiger partial charge in [0.15, 0.2) is 0 Å². The molecule has 0 aliphatic heterocycles. The average molecular weight is 511 g/mol. The summed E-state index contributed by atoms with van der Waals surface area (Å²) in [5.74, 6) is 0.851. The van der Waals surface area contributed by atoms with Gasteiger partial charge in [-0.2, -0.15) is 0 Å². The molecule has 0 saturated heterocycles. The van der Waals surface area contributed by atoms with E-state index in [-0.39, 0.29) is 5.56 Å². The van der Waals surface area contributed by atoms with Crippen LogP contribution in [-0.4, -0.2) is 43.1 Å². The molecule has 3 aromatic rings. The van der Waals surface area contributed by atoms with Gasteiger partial charge in [-0.3, -0.25) is 4.79 Å². The summed E-state index contributed by atoms with van der Waals surface area (Å²) in [6.07, 6.45) is 0.794. The van der Waals surface area contributed by atoms with Gasteiger partial charge in [0, 0.05) is 24.0 Å². The molecule has 0 heterocycles. The van der Waals surface area contributed by atoms with E-state index in [0.717, 1.165) is 26.1 Å². The Bertz CT molecular complexity index is 1170. The average Bonchev–Trinajstić information content (AvgIpc) is 2.86. The first-order valence-electron chi connectivity index (χ1n) is 11.8. The lowest BCUT2D eigenvalue weighted by molar-refractivity contribution is 0.0996. The maximum atomic E-state index is 12.6. The fourth-order valence-electron chi connectivity index (χ4n) is 3.50. The lowest BCUT2D eigenvalue weighted by Gasteiger charge is -2.18.